The first-order chi connectivity index (χ1) is 7.68. The molecule has 1 saturated heterocycles. The molecule has 1 aliphatic heterocycles. The molecule has 0 aromatic heterocycles. The van der Waals surface area contributed by atoms with Gasteiger partial charge in [-0.2, -0.15) is 0 Å². The van der Waals surface area contributed by atoms with Crippen LogP contribution in [0.2, 0.25) is 5.02 Å². The van der Waals surface area contributed by atoms with Crippen molar-refractivity contribution < 1.29 is 9.53 Å². The van der Waals surface area contributed by atoms with E-state index in [-0.39, 0.29) is 11.7 Å². The van der Waals surface area contributed by atoms with Crippen molar-refractivity contribution in [1.29, 1.82) is 0 Å². The van der Waals surface area contributed by atoms with E-state index >= 15 is 0 Å². The number of rotatable bonds is 2. The summed E-state index contributed by atoms with van der Waals surface area (Å²) in [7, 11) is 0. The number of Topliss-reactive ketones (excluding diaryl/α,β-unsaturated/α-hetero) is 1. The summed E-state index contributed by atoms with van der Waals surface area (Å²) in [6, 6.07) is 5.49. The lowest BCUT2D eigenvalue weighted by molar-refractivity contribution is 0.0544. The molecule has 1 aliphatic rings. The van der Waals surface area contributed by atoms with Gasteiger partial charge in [-0.1, -0.05) is 17.7 Å². The third-order valence-electron chi connectivity index (χ3n) is 3.06. The van der Waals surface area contributed by atoms with E-state index in [9.17, 15) is 4.79 Å². The molecule has 1 aromatic rings. The van der Waals surface area contributed by atoms with Crippen molar-refractivity contribution in [1.82, 2.24) is 0 Å². The lowest BCUT2D eigenvalue weighted by atomic mass is 9.89. The van der Waals surface area contributed by atoms with Crippen molar-refractivity contribution in [3.63, 3.8) is 0 Å². The molecule has 0 radical (unpaired) electrons. The SMILES string of the molecule is Cc1ccc(Cl)cc1C(=O)C1CCOCC1. The van der Waals surface area contributed by atoms with Gasteiger partial charge in [-0.25, -0.2) is 0 Å². The van der Waals surface area contributed by atoms with Crippen molar-refractivity contribution >= 4 is 17.4 Å². The van der Waals surface area contributed by atoms with Gasteiger partial charge in [-0.15, -0.1) is 0 Å². The van der Waals surface area contributed by atoms with Crippen LogP contribution >= 0.6 is 11.6 Å². The highest BCUT2D eigenvalue weighted by molar-refractivity contribution is 6.31. The van der Waals surface area contributed by atoms with Gasteiger partial charge in [-0.05, 0) is 37.5 Å². The van der Waals surface area contributed by atoms with E-state index in [1.807, 2.05) is 19.1 Å². The molecule has 3 heteroatoms. The normalized spacial score (nSPS) is 17.4. The zero-order valence-corrected chi connectivity index (χ0v) is 10.1. The summed E-state index contributed by atoms with van der Waals surface area (Å²) in [4.78, 5) is 12.3. The van der Waals surface area contributed by atoms with Crippen molar-refractivity contribution in [2.24, 2.45) is 5.92 Å². The minimum absolute atomic E-state index is 0.103. The molecule has 0 saturated carbocycles. The molecule has 2 rings (SSSR count). The molecule has 0 N–H and O–H groups in total. The van der Waals surface area contributed by atoms with Gasteiger partial charge in [0.2, 0.25) is 0 Å². The fourth-order valence-corrected chi connectivity index (χ4v) is 2.21. The van der Waals surface area contributed by atoms with Crippen LogP contribution < -0.4 is 0 Å². The summed E-state index contributed by atoms with van der Waals surface area (Å²) in [6.07, 6.45) is 1.65. The second kappa shape index (κ2) is 4.98. The number of ketones is 1. The Bertz CT molecular complexity index is 395. The minimum atomic E-state index is 0.103. The van der Waals surface area contributed by atoms with E-state index < -0.39 is 0 Å². The van der Waals surface area contributed by atoms with Crippen LogP contribution in [-0.4, -0.2) is 19.0 Å². The van der Waals surface area contributed by atoms with Gasteiger partial charge >= 0.3 is 0 Å². The van der Waals surface area contributed by atoms with E-state index in [0.717, 1.165) is 24.0 Å². The van der Waals surface area contributed by atoms with Crippen molar-refractivity contribution in [2.75, 3.05) is 13.2 Å². The second-order valence-electron chi connectivity index (χ2n) is 4.21. The Labute approximate surface area is 101 Å². The number of benzene rings is 1. The number of hydrogen-bond donors (Lipinski definition) is 0. The van der Waals surface area contributed by atoms with Crippen molar-refractivity contribution in [2.45, 2.75) is 19.8 Å². The molecule has 0 spiro atoms. The molecule has 0 amide bonds. The van der Waals surface area contributed by atoms with Gasteiger partial charge in [0.15, 0.2) is 5.78 Å². The van der Waals surface area contributed by atoms with Crippen LogP contribution in [0.1, 0.15) is 28.8 Å². The average Bonchev–Trinajstić information content (AvgIpc) is 2.32. The molecule has 1 heterocycles. The fraction of sp³-hybridized carbons (Fsp3) is 0.462. The number of carbonyl (C=O) groups excluding carboxylic acids is 1. The second-order valence-corrected chi connectivity index (χ2v) is 4.65. The van der Waals surface area contributed by atoms with Gasteiger partial charge < -0.3 is 4.74 Å². The Kier molecular flexibility index (Phi) is 3.62. The molecule has 16 heavy (non-hydrogen) atoms. The van der Waals surface area contributed by atoms with Crippen molar-refractivity contribution in [3.8, 4) is 0 Å². The molecule has 2 nitrogen and oxygen atoms in total. The molecule has 1 aromatic carbocycles. The molecule has 0 bridgehead atoms. The first-order valence-electron chi connectivity index (χ1n) is 5.56. The molecule has 1 fully saturated rings. The lowest BCUT2D eigenvalue weighted by Crippen LogP contribution is -2.24. The molecular formula is C13H15ClO2. The predicted molar refractivity (Wildman–Crippen MR) is 64.1 cm³/mol. The average molecular weight is 239 g/mol. The highest BCUT2D eigenvalue weighted by Gasteiger charge is 2.23. The molecule has 86 valence electrons. The molecule has 0 aliphatic carbocycles. The largest absolute Gasteiger partial charge is 0.381 e. The summed E-state index contributed by atoms with van der Waals surface area (Å²) in [5.74, 6) is 0.314. The number of ether oxygens (including phenoxy) is 1. The zero-order valence-electron chi connectivity index (χ0n) is 9.33. The minimum Gasteiger partial charge on any atom is -0.381 e. The zero-order chi connectivity index (χ0) is 11.5. The van der Waals surface area contributed by atoms with Gasteiger partial charge in [0.05, 0.1) is 0 Å². The van der Waals surface area contributed by atoms with E-state index in [4.69, 9.17) is 16.3 Å². The van der Waals surface area contributed by atoms with Gasteiger partial charge in [0, 0.05) is 29.7 Å². The van der Waals surface area contributed by atoms with Crippen LogP contribution in [0.15, 0.2) is 18.2 Å². The summed E-state index contributed by atoms with van der Waals surface area (Å²) in [5.41, 5.74) is 1.76. The summed E-state index contributed by atoms with van der Waals surface area (Å²) < 4.78 is 5.26. The maximum atomic E-state index is 12.3. The molecule has 0 unspecified atom stereocenters. The van der Waals surface area contributed by atoms with E-state index in [1.165, 1.54) is 0 Å². The van der Waals surface area contributed by atoms with Crippen LogP contribution in [0.25, 0.3) is 0 Å². The summed E-state index contributed by atoms with van der Waals surface area (Å²) >= 11 is 5.92. The van der Waals surface area contributed by atoms with Crippen LogP contribution in [0.5, 0.6) is 0 Å². The molecule has 0 atom stereocenters. The maximum absolute atomic E-state index is 12.3. The quantitative estimate of drug-likeness (QED) is 0.740. The topological polar surface area (TPSA) is 26.3 Å². The Morgan fingerprint density at radius 1 is 1.38 bits per heavy atom. The number of carbonyl (C=O) groups is 1. The number of halogens is 1. The first-order valence-corrected chi connectivity index (χ1v) is 5.94. The Morgan fingerprint density at radius 2 is 2.06 bits per heavy atom. The van der Waals surface area contributed by atoms with Gasteiger partial charge in [0.25, 0.3) is 0 Å². The Hall–Kier alpha value is -0.860. The monoisotopic (exact) mass is 238 g/mol. The van der Waals surface area contributed by atoms with Crippen LogP contribution in [0, 0.1) is 12.8 Å². The Balaban J connectivity index is 2.22. The van der Waals surface area contributed by atoms with Crippen LogP contribution in [0.4, 0.5) is 0 Å². The Morgan fingerprint density at radius 3 is 2.75 bits per heavy atom. The van der Waals surface area contributed by atoms with E-state index in [1.54, 1.807) is 6.07 Å². The highest BCUT2D eigenvalue weighted by atomic mass is 35.5. The standard InChI is InChI=1S/C13H15ClO2/c1-9-2-3-11(14)8-12(9)13(15)10-4-6-16-7-5-10/h2-3,8,10H,4-7H2,1H3. The smallest absolute Gasteiger partial charge is 0.166 e. The van der Waals surface area contributed by atoms with Crippen LogP contribution in [-0.2, 0) is 4.74 Å². The fourth-order valence-electron chi connectivity index (χ4n) is 2.04. The first kappa shape index (κ1) is 11.6. The van der Waals surface area contributed by atoms with Gasteiger partial charge in [-0.3, -0.25) is 4.79 Å². The van der Waals surface area contributed by atoms with Gasteiger partial charge in [0.1, 0.15) is 0 Å². The number of aryl methyl sites for hydroxylation is 1. The number of hydrogen-bond acceptors (Lipinski definition) is 2. The highest BCUT2D eigenvalue weighted by Crippen LogP contribution is 2.24. The predicted octanol–water partition coefficient (Wildman–Crippen LogP) is 3.26. The molecular weight excluding hydrogens is 224 g/mol. The third kappa shape index (κ3) is 2.45. The van der Waals surface area contributed by atoms with E-state index in [2.05, 4.69) is 0 Å². The lowest BCUT2D eigenvalue weighted by Gasteiger charge is -2.21. The third-order valence-corrected chi connectivity index (χ3v) is 3.29. The van der Waals surface area contributed by atoms with E-state index in [0.29, 0.717) is 18.2 Å². The van der Waals surface area contributed by atoms with Crippen molar-refractivity contribution in [3.05, 3.63) is 34.3 Å². The summed E-state index contributed by atoms with van der Waals surface area (Å²) in [6.45, 7) is 3.33. The summed E-state index contributed by atoms with van der Waals surface area (Å²) in [5, 5.41) is 0.626. The maximum Gasteiger partial charge on any atom is 0.166 e. The van der Waals surface area contributed by atoms with Crippen LogP contribution in [0.3, 0.4) is 0 Å².